The molecule has 3 rings (SSSR count). The van der Waals surface area contributed by atoms with Gasteiger partial charge in [-0.2, -0.15) is 0 Å². The molecule has 1 aromatic carbocycles. The van der Waals surface area contributed by atoms with Gasteiger partial charge in [-0.25, -0.2) is 9.59 Å². The first-order chi connectivity index (χ1) is 14.5. The zero-order valence-electron chi connectivity index (χ0n) is 18.2. The Labute approximate surface area is 177 Å². The predicted octanol–water partition coefficient (Wildman–Crippen LogP) is 2.70. The van der Waals surface area contributed by atoms with Crippen LogP contribution in [0.2, 0.25) is 0 Å². The van der Waals surface area contributed by atoms with Crippen LogP contribution in [0.15, 0.2) is 29.5 Å². The average Bonchev–Trinajstić information content (AvgIpc) is 3.26. The summed E-state index contributed by atoms with van der Waals surface area (Å²) in [5.41, 5.74) is 1.91. The Hall–Kier alpha value is -2.74. The van der Waals surface area contributed by atoms with Gasteiger partial charge >= 0.3 is 12.0 Å². The van der Waals surface area contributed by atoms with Gasteiger partial charge in [0.05, 0.1) is 32.4 Å². The van der Waals surface area contributed by atoms with Crippen LogP contribution in [-0.2, 0) is 9.53 Å². The minimum Gasteiger partial charge on any atom is -0.493 e. The Bertz CT molecular complexity index is 817. The van der Waals surface area contributed by atoms with Gasteiger partial charge in [-0.3, -0.25) is 9.80 Å². The molecule has 0 spiro atoms. The fourth-order valence-electron chi connectivity index (χ4n) is 4.09. The summed E-state index contributed by atoms with van der Waals surface area (Å²) < 4.78 is 16.2. The number of hydrogen-bond donors (Lipinski definition) is 1. The third kappa shape index (κ3) is 4.38. The summed E-state index contributed by atoms with van der Waals surface area (Å²) in [7, 11) is 3.12. The fourth-order valence-corrected chi connectivity index (χ4v) is 4.09. The van der Waals surface area contributed by atoms with Crippen molar-refractivity contribution in [3.8, 4) is 11.5 Å². The molecule has 1 N–H and O–H groups in total. The van der Waals surface area contributed by atoms with Crippen molar-refractivity contribution in [2.45, 2.75) is 32.7 Å². The number of amides is 2. The Morgan fingerprint density at radius 2 is 1.83 bits per heavy atom. The third-order valence-corrected chi connectivity index (χ3v) is 5.56. The van der Waals surface area contributed by atoms with E-state index in [0.717, 1.165) is 31.5 Å². The molecule has 2 aliphatic rings. The fraction of sp³-hybridized carbons (Fsp3) is 0.545. The van der Waals surface area contributed by atoms with Crippen molar-refractivity contribution in [2.24, 2.45) is 0 Å². The third-order valence-electron chi connectivity index (χ3n) is 5.56. The first-order valence-electron chi connectivity index (χ1n) is 10.5. The highest BCUT2D eigenvalue weighted by molar-refractivity contribution is 5.95. The molecular formula is C22H31N3O5. The lowest BCUT2D eigenvalue weighted by molar-refractivity contribution is -0.139. The molecule has 1 unspecified atom stereocenters. The highest BCUT2D eigenvalue weighted by Crippen LogP contribution is 2.36. The normalized spacial score (nSPS) is 19.7. The Kier molecular flexibility index (Phi) is 7.20. The molecule has 8 nitrogen and oxygen atoms in total. The molecule has 1 saturated heterocycles. The lowest BCUT2D eigenvalue weighted by atomic mass is 9.93. The highest BCUT2D eigenvalue weighted by atomic mass is 16.5. The van der Waals surface area contributed by atoms with Crippen LogP contribution in [0.5, 0.6) is 11.5 Å². The molecule has 0 bridgehead atoms. The van der Waals surface area contributed by atoms with Crippen molar-refractivity contribution in [1.29, 1.82) is 0 Å². The number of methoxy groups -OCH3 is 2. The Morgan fingerprint density at radius 3 is 2.43 bits per heavy atom. The molecule has 0 radical (unpaired) electrons. The number of carbonyl (C=O) groups excluding carboxylic acids is 2. The van der Waals surface area contributed by atoms with Gasteiger partial charge in [0.25, 0.3) is 0 Å². The largest absolute Gasteiger partial charge is 0.493 e. The van der Waals surface area contributed by atoms with Crippen LogP contribution in [-0.4, -0.2) is 68.8 Å². The molecule has 2 amide bonds. The molecule has 0 aromatic heterocycles. The summed E-state index contributed by atoms with van der Waals surface area (Å²) in [5, 5.41) is 2.98. The van der Waals surface area contributed by atoms with Crippen molar-refractivity contribution in [3.63, 3.8) is 0 Å². The number of rotatable bonds is 8. The minimum absolute atomic E-state index is 0.223. The number of nitrogens with one attached hydrogen (secondary N) is 1. The van der Waals surface area contributed by atoms with E-state index in [2.05, 4.69) is 10.2 Å². The summed E-state index contributed by atoms with van der Waals surface area (Å²) >= 11 is 0. The zero-order valence-corrected chi connectivity index (χ0v) is 18.2. The second-order valence-corrected chi connectivity index (χ2v) is 7.31. The quantitative estimate of drug-likeness (QED) is 0.655. The van der Waals surface area contributed by atoms with E-state index in [1.54, 1.807) is 38.2 Å². The van der Waals surface area contributed by atoms with E-state index in [0.29, 0.717) is 35.9 Å². The van der Waals surface area contributed by atoms with E-state index in [9.17, 15) is 9.59 Å². The molecule has 0 aliphatic carbocycles. The molecule has 164 valence electrons. The second-order valence-electron chi connectivity index (χ2n) is 7.31. The number of nitrogens with zero attached hydrogens (tertiary/aromatic N) is 2. The van der Waals surface area contributed by atoms with Crippen molar-refractivity contribution in [3.05, 3.63) is 35.0 Å². The van der Waals surface area contributed by atoms with Gasteiger partial charge in [-0.1, -0.05) is 6.07 Å². The highest BCUT2D eigenvalue weighted by Gasteiger charge is 2.38. The Balaban J connectivity index is 2.11. The molecular weight excluding hydrogens is 386 g/mol. The number of urea groups is 1. The second kappa shape index (κ2) is 9.84. The SMILES string of the molecule is CCOC(=O)C1=C(CN2CCCC2)N(CC)C(=O)NC1c1ccc(OC)c(OC)c1. The first-order valence-corrected chi connectivity index (χ1v) is 10.5. The first kappa shape index (κ1) is 22.0. The topological polar surface area (TPSA) is 80.3 Å². The Morgan fingerprint density at radius 1 is 1.13 bits per heavy atom. The van der Waals surface area contributed by atoms with Gasteiger partial charge in [-0.15, -0.1) is 0 Å². The van der Waals surface area contributed by atoms with E-state index in [-0.39, 0.29) is 12.6 Å². The summed E-state index contributed by atoms with van der Waals surface area (Å²) in [6.07, 6.45) is 2.25. The van der Waals surface area contributed by atoms with E-state index in [1.165, 1.54) is 0 Å². The molecule has 2 aliphatic heterocycles. The summed E-state index contributed by atoms with van der Waals surface area (Å²) in [6.45, 7) is 6.87. The minimum atomic E-state index is -0.628. The van der Waals surface area contributed by atoms with Gasteiger partial charge in [0, 0.05) is 18.8 Å². The molecule has 30 heavy (non-hydrogen) atoms. The molecule has 1 aromatic rings. The van der Waals surface area contributed by atoms with Crippen LogP contribution >= 0.6 is 0 Å². The number of carbonyl (C=O) groups is 2. The van der Waals surface area contributed by atoms with Gasteiger partial charge in [0.2, 0.25) is 0 Å². The van der Waals surface area contributed by atoms with E-state index < -0.39 is 12.0 Å². The van der Waals surface area contributed by atoms with Crippen LogP contribution in [0, 0.1) is 0 Å². The van der Waals surface area contributed by atoms with E-state index in [4.69, 9.17) is 14.2 Å². The maximum Gasteiger partial charge on any atom is 0.338 e. The number of benzene rings is 1. The number of ether oxygens (including phenoxy) is 3. The van der Waals surface area contributed by atoms with Crippen LogP contribution in [0.25, 0.3) is 0 Å². The van der Waals surface area contributed by atoms with Crippen LogP contribution in [0.3, 0.4) is 0 Å². The lowest BCUT2D eigenvalue weighted by Crippen LogP contribution is -2.50. The predicted molar refractivity (Wildman–Crippen MR) is 113 cm³/mol. The van der Waals surface area contributed by atoms with Gasteiger partial charge in [-0.05, 0) is 57.5 Å². The monoisotopic (exact) mass is 417 g/mol. The van der Waals surface area contributed by atoms with Crippen molar-refractivity contribution >= 4 is 12.0 Å². The molecule has 8 heteroatoms. The van der Waals surface area contributed by atoms with Gasteiger partial charge < -0.3 is 19.5 Å². The van der Waals surface area contributed by atoms with Crippen LogP contribution in [0.4, 0.5) is 4.79 Å². The summed E-state index contributed by atoms with van der Waals surface area (Å²) in [6, 6.07) is 4.55. The van der Waals surface area contributed by atoms with Crippen molar-refractivity contribution < 1.29 is 23.8 Å². The number of likely N-dealkylation sites (N-methyl/N-ethyl adjacent to an activating group) is 1. The number of likely N-dealkylation sites (tertiary alicyclic amines) is 1. The zero-order chi connectivity index (χ0) is 21.7. The standard InChI is InChI=1S/C22H31N3O5/c1-5-25-16(14-24-11-7-8-12-24)19(21(26)30-6-2)20(23-22(25)27)15-9-10-17(28-3)18(13-15)29-4/h9-10,13,20H,5-8,11-12,14H2,1-4H3,(H,23,27). The smallest absolute Gasteiger partial charge is 0.338 e. The lowest BCUT2D eigenvalue weighted by Gasteiger charge is -2.37. The molecule has 0 saturated carbocycles. The van der Waals surface area contributed by atoms with Crippen LogP contribution in [0.1, 0.15) is 38.3 Å². The molecule has 2 heterocycles. The molecule has 1 atom stereocenters. The summed E-state index contributed by atoms with van der Waals surface area (Å²) in [5.74, 6) is 0.703. The summed E-state index contributed by atoms with van der Waals surface area (Å²) in [4.78, 5) is 30.0. The van der Waals surface area contributed by atoms with E-state index >= 15 is 0 Å². The van der Waals surface area contributed by atoms with Gasteiger partial charge in [0.15, 0.2) is 11.5 Å². The van der Waals surface area contributed by atoms with Crippen LogP contribution < -0.4 is 14.8 Å². The number of hydrogen-bond acceptors (Lipinski definition) is 6. The average molecular weight is 418 g/mol. The van der Waals surface area contributed by atoms with Crippen molar-refractivity contribution in [2.75, 3.05) is 47.0 Å². The maximum absolute atomic E-state index is 13.1. The maximum atomic E-state index is 13.1. The molecule has 1 fully saturated rings. The van der Waals surface area contributed by atoms with Crippen molar-refractivity contribution in [1.82, 2.24) is 15.1 Å². The van der Waals surface area contributed by atoms with Gasteiger partial charge in [0.1, 0.15) is 0 Å². The van der Waals surface area contributed by atoms with E-state index in [1.807, 2.05) is 13.0 Å². The number of esters is 1.